The van der Waals surface area contributed by atoms with Crippen molar-refractivity contribution in [3.05, 3.63) is 76.1 Å². The van der Waals surface area contributed by atoms with Crippen molar-refractivity contribution < 1.29 is 4.79 Å². The van der Waals surface area contributed by atoms with Gasteiger partial charge in [0.1, 0.15) is 0 Å². The summed E-state index contributed by atoms with van der Waals surface area (Å²) in [5, 5.41) is 2.79. The van der Waals surface area contributed by atoms with Gasteiger partial charge in [0, 0.05) is 12.6 Å². The zero-order chi connectivity index (χ0) is 16.7. The zero-order valence-corrected chi connectivity index (χ0v) is 14.4. The molecule has 118 valence electrons. The van der Waals surface area contributed by atoms with E-state index in [0.717, 1.165) is 21.0 Å². The Labute approximate surface area is 147 Å². The number of rotatable bonds is 1. The summed E-state index contributed by atoms with van der Waals surface area (Å²) < 4.78 is 2.87. The molecule has 24 heavy (non-hydrogen) atoms. The number of para-hydroxylation sites is 1. The molecule has 0 aliphatic carbocycles. The molecule has 3 aromatic carbocycles. The van der Waals surface area contributed by atoms with E-state index in [1.54, 1.807) is 0 Å². The fraction of sp³-hybridized carbons (Fsp3) is 0.0526. The molecule has 0 bridgehead atoms. The van der Waals surface area contributed by atoms with E-state index in [0.29, 0.717) is 15.4 Å². The van der Waals surface area contributed by atoms with Crippen molar-refractivity contribution in [2.24, 2.45) is 12.0 Å². The second-order valence-electron chi connectivity index (χ2n) is 5.51. The zero-order valence-electron chi connectivity index (χ0n) is 12.9. The van der Waals surface area contributed by atoms with E-state index in [1.807, 2.05) is 72.3 Å². The van der Waals surface area contributed by atoms with Gasteiger partial charge in [-0.1, -0.05) is 59.3 Å². The van der Waals surface area contributed by atoms with Crippen LogP contribution in [0.25, 0.3) is 21.0 Å². The first-order chi connectivity index (χ1) is 11.6. The summed E-state index contributed by atoms with van der Waals surface area (Å²) in [6.45, 7) is 0. The molecule has 0 spiro atoms. The predicted molar refractivity (Wildman–Crippen MR) is 99.6 cm³/mol. The second-order valence-corrected chi connectivity index (χ2v) is 6.93. The molecule has 0 saturated carbocycles. The molecule has 5 heteroatoms. The molecule has 4 rings (SSSR count). The second kappa shape index (κ2) is 5.89. The van der Waals surface area contributed by atoms with Gasteiger partial charge < -0.3 is 4.57 Å². The first-order valence-corrected chi connectivity index (χ1v) is 8.65. The fourth-order valence-corrected chi connectivity index (χ4v) is 4.14. The van der Waals surface area contributed by atoms with Gasteiger partial charge in [0.25, 0.3) is 5.91 Å². The minimum absolute atomic E-state index is 0.251. The van der Waals surface area contributed by atoms with Gasteiger partial charge in [-0.2, -0.15) is 4.99 Å². The van der Waals surface area contributed by atoms with Crippen LogP contribution >= 0.6 is 22.9 Å². The molecular formula is C19H13ClN2OS. The Morgan fingerprint density at radius 3 is 2.62 bits per heavy atom. The summed E-state index contributed by atoms with van der Waals surface area (Å²) in [6.07, 6.45) is 0. The smallest absolute Gasteiger partial charge is 0.279 e. The van der Waals surface area contributed by atoms with E-state index < -0.39 is 0 Å². The van der Waals surface area contributed by atoms with Crippen molar-refractivity contribution in [2.75, 3.05) is 0 Å². The van der Waals surface area contributed by atoms with Crippen molar-refractivity contribution in [2.45, 2.75) is 0 Å². The number of fused-ring (bicyclic) bond motifs is 2. The Balaban J connectivity index is 1.83. The molecule has 0 N–H and O–H groups in total. The third-order valence-electron chi connectivity index (χ3n) is 3.97. The van der Waals surface area contributed by atoms with Crippen LogP contribution in [0.15, 0.2) is 65.7 Å². The number of carbonyl (C=O) groups excluding carboxylic acids is 1. The van der Waals surface area contributed by atoms with Crippen LogP contribution in [-0.4, -0.2) is 10.5 Å². The van der Waals surface area contributed by atoms with Crippen molar-refractivity contribution >= 4 is 49.8 Å². The highest BCUT2D eigenvalue weighted by atomic mass is 35.5. The van der Waals surface area contributed by atoms with Crippen LogP contribution in [0.1, 0.15) is 10.4 Å². The van der Waals surface area contributed by atoms with Crippen LogP contribution in [0, 0.1) is 0 Å². The lowest BCUT2D eigenvalue weighted by molar-refractivity contribution is 0.0998. The van der Waals surface area contributed by atoms with E-state index in [1.165, 1.54) is 11.3 Å². The molecule has 1 heterocycles. The quantitative estimate of drug-likeness (QED) is 0.485. The lowest BCUT2D eigenvalue weighted by Gasteiger charge is -2.00. The summed E-state index contributed by atoms with van der Waals surface area (Å²) in [5.74, 6) is -0.251. The minimum Gasteiger partial charge on any atom is -0.318 e. The molecule has 1 aromatic heterocycles. The number of benzene rings is 3. The summed E-state index contributed by atoms with van der Waals surface area (Å²) in [4.78, 5) is 17.5. The van der Waals surface area contributed by atoms with Crippen LogP contribution in [0.3, 0.4) is 0 Å². The maximum Gasteiger partial charge on any atom is 0.279 e. The summed E-state index contributed by atoms with van der Waals surface area (Å²) in [7, 11) is 1.87. The Morgan fingerprint density at radius 1 is 1.04 bits per heavy atom. The van der Waals surface area contributed by atoms with Crippen LogP contribution in [0.2, 0.25) is 5.02 Å². The van der Waals surface area contributed by atoms with Gasteiger partial charge in [0.15, 0.2) is 4.80 Å². The van der Waals surface area contributed by atoms with Crippen molar-refractivity contribution in [3.8, 4) is 0 Å². The van der Waals surface area contributed by atoms with Gasteiger partial charge in [0.05, 0.1) is 15.2 Å². The molecule has 1 amide bonds. The maximum absolute atomic E-state index is 12.6. The van der Waals surface area contributed by atoms with E-state index in [9.17, 15) is 4.79 Å². The third-order valence-corrected chi connectivity index (χ3v) is 5.37. The number of carbonyl (C=O) groups is 1. The molecule has 0 fully saturated rings. The molecule has 0 aliphatic heterocycles. The number of hydrogen-bond acceptors (Lipinski definition) is 2. The first kappa shape index (κ1) is 15.1. The summed E-state index contributed by atoms with van der Waals surface area (Å²) >= 11 is 7.71. The van der Waals surface area contributed by atoms with Crippen LogP contribution in [0.5, 0.6) is 0 Å². The summed E-state index contributed by atoms with van der Waals surface area (Å²) in [5.41, 5.74) is 1.48. The highest BCUT2D eigenvalue weighted by Crippen LogP contribution is 2.24. The van der Waals surface area contributed by atoms with Crippen LogP contribution in [-0.2, 0) is 7.05 Å². The van der Waals surface area contributed by atoms with Gasteiger partial charge in [-0.15, -0.1) is 0 Å². The summed E-state index contributed by atoms with van der Waals surface area (Å²) in [6, 6.07) is 19.3. The number of aromatic nitrogens is 1. The van der Waals surface area contributed by atoms with Gasteiger partial charge in [-0.3, -0.25) is 4.79 Å². The van der Waals surface area contributed by atoms with Gasteiger partial charge in [-0.25, -0.2) is 0 Å². The van der Waals surface area contributed by atoms with Crippen molar-refractivity contribution in [1.82, 2.24) is 4.57 Å². The molecule has 0 radical (unpaired) electrons. The minimum atomic E-state index is -0.251. The number of aryl methyl sites for hydroxylation is 1. The number of amides is 1. The van der Waals surface area contributed by atoms with Gasteiger partial charge in [0.2, 0.25) is 0 Å². The molecule has 0 saturated heterocycles. The van der Waals surface area contributed by atoms with E-state index in [-0.39, 0.29) is 5.91 Å². The van der Waals surface area contributed by atoms with Gasteiger partial charge in [-0.05, 0) is 35.0 Å². The van der Waals surface area contributed by atoms with Gasteiger partial charge >= 0.3 is 0 Å². The molecule has 4 aromatic rings. The molecular weight excluding hydrogens is 340 g/mol. The first-order valence-electron chi connectivity index (χ1n) is 7.45. The Morgan fingerprint density at radius 2 is 1.83 bits per heavy atom. The highest BCUT2D eigenvalue weighted by molar-refractivity contribution is 7.16. The van der Waals surface area contributed by atoms with E-state index in [2.05, 4.69) is 4.99 Å². The number of halogens is 1. The average Bonchev–Trinajstić information content (AvgIpc) is 2.91. The van der Waals surface area contributed by atoms with Crippen molar-refractivity contribution in [1.29, 1.82) is 0 Å². The topological polar surface area (TPSA) is 34.4 Å². The predicted octanol–water partition coefficient (Wildman–Crippen LogP) is 4.79. The average molecular weight is 353 g/mol. The molecule has 0 unspecified atom stereocenters. The van der Waals surface area contributed by atoms with Crippen LogP contribution < -0.4 is 4.80 Å². The van der Waals surface area contributed by atoms with Crippen molar-refractivity contribution in [3.63, 3.8) is 0 Å². The maximum atomic E-state index is 12.6. The molecule has 0 aliphatic rings. The Bertz CT molecular complexity index is 1160. The standard InChI is InChI=1S/C19H13ClN2OS/c1-22-17-15(20)7-4-8-16(17)24-19(22)21-18(23)14-10-9-12-5-2-3-6-13(12)11-14/h2-11H,1H3. The monoisotopic (exact) mass is 352 g/mol. The molecule has 0 atom stereocenters. The van der Waals surface area contributed by atoms with Crippen LogP contribution in [0.4, 0.5) is 0 Å². The normalized spacial score (nSPS) is 12.2. The lowest BCUT2D eigenvalue weighted by atomic mass is 10.1. The Kier molecular flexibility index (Phi) is 3.71. The third kappa shape index (κ3) is 2.54. The fourth-order valence-electron chi connectivity index (χ4n) is 2.74. The Hall–Kier alpha value is -2.43. The lowest BCUT2D eigenvalue weighted by Crippen LogP contribution is -2.13. The largest absolute Gasteiger partial charge is 0.318 e. The highest BCUT2D eigenvalue weighted by Gasteiger charge is 2.09. The van der Waals surface area contributed by atoms with E-state index >= 15 is 0 Å². The van der Waals surface area contributed by atoms with E-state index in [4.69, 9.17) is 11.6 Å². The number of hydrogen-bond donors (Lipinski definition) is 0. The molecule has 3 nitrogen and oxygen atoms in total. The SMILES string of the molecule is Cn1c(=NC(=O)c2ccc3ccccc3c2)sc2cccc(Cl)c21. The number of thiazole rings is 1. The number of nitrogens with zero attached hydrogens (tertiary/aromatic N) is 2.